The van der Waals surface area contributed by atoms with Crippen molar-refractivity contribution in [3.8, 4) is 0 Å². The van der Waals surface area contributed by atoms with E-state index in [1.165, 1.54) is 0 Å². The first-order chi connectivity index (χ1) is 9.06. The molecule has 0 aromatic heterocycles. The number of piperidine rings is 2. The molecule has 20 heavy (non-hydrogen) atoms. The second-order valence-electron chi connectivity index (χ2n) is 5.72. The van der Waals surface area contributed by atoms with Crippen LogP contribution < -0.4 is 11.5 Å². The Hall–Kier alpha value is -0.850. The molecule has 2 saturated heterocycles. The van der Waals surface area contributed by atoms with Gasteiger partial charge in [0.15, 0.2) is 0 Å². The molecular weight excluding hydrogens is 280 g/mol. The summed E-state index contributed by atoms with van der Waals surface area (Å²) in [6.07, 6.45) is 3.75. The van der Waals surface area contributed by atoms with Gasteiger partial charge in [0.25, 0.3) is 0 Å². The lowest BCUT2D eigenvalue weighted by atomic mass is 9.97. The van der Waals surface area contributed by atoms with Gasteiger partial charge in [0.1, 0.15) is 0 Å². The number of primary amides is 1. The van der Waals surface area contributed by atoms with E-state index in [4.69, 9.17) is 11.5 Å². The summed E-state index contributed by atoms with van der Waals surface area (Å²) in [6, 6.07) is 0.182. The highest BCUT2D eigenvalue weighted by atomic mass is 35.5. The van der Waals surface area contributed by atoms with Gasteiger partial charge < -0.3 is 16.4 Å². The molecular formula is C13H25ClN4O2. The molecule has 0 radical (unpaired) electrons. The average molecular weight is 305 g/mol. The van der Waals surface area contributed by atoms with Crippen molar-refractivity contribution in [3.05, 3.63) is 0 Å². The Labute approximate surface area is 126 Å². The zero-order valence-corrected chi connectivity index (χ0v) is 12.6. The normalized spacial score (nSPS) is 27.8. The van der Waals surface area contributed by atoms with Crippen molar-refractivity contribution in [1.82, 2.24) is 9.80 Å². The fraction of sp³-hybridized carbons (Fsp3) is 0.846. The molecule has 2 atom stereocenters. The second-order valence-corrected chi connectivity index (χ2v) is 5.72. The number of halogens is 1. The molecule has 116 valence electrons. The molecule has 2 unspecified atom stereocenters. The Balaban J connectivity index is 0.00000200. The summed E-state index contributed by atoms with van der Waals surface area (Å²) in [4.78, 5) is 27.3. The van der Waals surface area contributed by atoms with E-state index >= 15 is 0 Å². The number of nitrogens with two attached hydrogens (primary N) is 2. The first-order valence-corrected chi connectivity index (χ1v) is 7.11. The van der Waals surface area contributed by atoms with Crippen molar-refractivity contribution in [2.45, 2.75) is 31.7 Å². The number of rotatable bonds is 3. The molecule has 0 spiro atoms. The molecule has 2 fully saturated rings. The largest absolute Gasteiger partial charge is 0.369 e. The van der Waals surface area contributed by atoms with Crippen molar-refractivity contribution >= 4 is 24.2 Å². The maximum atomic E-state index is 12.2. The van der Waals surface area contributed by atoms with Crippen LogP contribution in [0.3, 0.4) is 0 Å². The summed E-state index contributed by atoms with van der Waals surface area (Å²) in [6.45, 7) is 3.36. The van der Waals surface area contributed by atoms with Gasteiger partial charge in [0.2, 0.25) is 11.8 Å². The van der Waals surface area contributed by atoms with Gasteiger partial charge in [0, 0.05) is 25.7 Å². The summed E-state index contributed by atoms with van der Waals surface area (Å²) in [5, 5.41) is 0. The van der Waals surface area contributed by atoms with Crippen molar-refractivity contribution in [2.75, 3.05) is 32.7 Å². The molecule has 2 aliphatic heterocycles. The highest BCUT2D eigenvalue weighted by Crippen LogP contribution is 2.17. The maximum Gasteiger partial charge on any atom is 0.236 e. The van der Waals surface area contributed by atoms with Gasteiger partial charge in [-0.3, -0.25) is 14.5 Å². The van der Waals surface area contributed by atoms with Crippen molar-refractivity contribution in [2.24, 2.45) is 17.4 Å². The monoisotopic (exact) mass is 304 g/mol. The van der Waals surface area contributed by atoms with Crippen LogP contribution >= 0.6 is 12.4 Å². The van der Waals surface area contributed by atoms with Crippen LogP contribution in [0.25, 0.3) is 0 Å². The predicted molar refractivity (Wildman–Crippen MR) is 79.4 cm³/mol. The van der Waals surface area contributed by atoms with E-state index in [2.05, 4.69) is 4.90 Å². The van der Waals surface area contributed by atoms with E-state index in [1.807, 2.05) is 0 Å². The van der Waals surface area contributed by atoms with Crippen molar-refractivity contribution in [3.63, 3.8) is 0 Å². The molecule has 0 aromatic rings. The molecule has 4 N–H and O–H groups in total. The van der Waals surface area contributed by atoms with E-state index in [1.54, 1.807) is 4.90 Å². The summed E-state index contributed by atoms with van der Waals surface area (Å²) in [5.41, 5.74) is 11.2. The number of hydrogen-bond donors (Lipinski definition) is 2. The zero-order valence-electron chi connectivity index (χ0n) is 11.8. The average Bonchev–Trinajstić information content (AvgIpc) is 2.39. The van der Waals surface area contributed by atoms with E-state index in [-0.39, 0.29) is 36.2 Å². The van der Waals surface area contributed by atoms with Gasteiger partial charge >= 0.3 is 0 Å². The van der Waals surface area contributed by atoms with Crippen molar-refractivity contribution in [1.29, 1.82) is 0 Å². The Kier molecular flexibility index (Phi) is 6.71. The minimum Gasteiger partial charge on any atom is -0.369 e. The van der Waals surface area contributed by atoms with Crippen LogP contribution in [-0.2, 0) is 9.59 Å². The fourth-order valence-corrected chi connectivity index (χ4v) is 2.96. The summed E-state index contributed by atoms with van der Waals surface area (Å²) < 4.78 is 0. The summed E-state index contributed by atoms with van der Waals surface area (Å²) in [5.74, 6) is -0.376. The number of amides is 2. The first-order valence-electron chi connectivity index (χ1n) is 7.11. The van der Waals surface area contributed by atoms with Crippen LogP contribution in [-0.4, -0.2) is 60.4 Å². The van der Waals surface area contributed by atoms with Gasteiger partial charge in [-0.15, -0.1) is 12.4 Å². The first kappa shape index (κ1) is 17.2. The number of carbonyl (C=O) groups is 2. The van der Waals surface area contributed by atoms with Gasteiger partial charge in [-0.25, -0.2) is 0 Å². The predicted octanol–water partition coefficient (Wildman–Crippen LogP) is -0.445. The van der Waals surface area contributed by atoms with Crippen LogP contribution in [0.15, 0.2) is 0 Å². The summed E-state index contributed by atoms with van der Waals surface area (Å²) >= 11 is 0. The third-order valence-electron chi connectivity index (χ3n) is 4.08. The van der Waals surface area contributed by atoms with E-state index in [0.29, 0.717) is 13.1 Å². The molecule has 2 heterocycles. The van der Waals surface area contributed by atoms with Gasteiger partial charge in [0.05, 0.1) is 12.5 Å². The molecule has 0 aliphatic carbocycles. The highest BCUT2D eigenvalue weighted by Gasteiger charge is 2.28. The van der Waals surface area contributed by atoms with Gasteiger partial charge in [-0.1, -0.05) is 0 Å². The topological polar surface area (TPSA) is 92.7 Å². The quantitative estimate of drug-likeness (QED) is 0.739. The molecule has 2 aliphatic rings. The van der Waals surface area contributed by atoms with Crippen LogP contribution in [0.4, 0.5) is 0 Å². The Morgan fingerprint density at radius 3 is 2.45 bits per heavy atom. The minimum atomic E-state index is -0.294. The number of hydrogen-bond acceptors (Lipinski definition) is 4. The van der Waals surface area contributed by atoms with Crippen LogP contribution in [0.5, 0.6) is 0 Å². The van der Waals surface area contributed by atoms with E-state index < -0.39 is 0 Å². The minimum absolute atomic E-state index is 0. The van der Waals surface area contributed by atoms with Crippen LogP contribution in [0.2, 0.25) is 0 Å². The second kappa shape index (κ2) is 7.81. The molecule has 0 bridgehead atoms. The van der Waals surface area contributed by atoms with Gasteiger partial charge in [-0.05, 0) is 32.2 Å². The van der Waals surface area contributed by atoms with Crippen LogP contribution in [0, 0.1) is 5.92 Å². The SMILES string of the molecule is Cl.NC(=O)C1CCCN(C(=O)CN2CCCC(N)C2)C1. The van der Waals surface area contributed by atoms with Crippen molar-refractivity contribution < 1.29 is 9.59 Å². The molecule has 0 saturated carbocycles. The zero-order chi connectivity index (χ0) is 13.8. The van der Waals surface area contributed by atoms with Gasteiger partial charge in [-0.2, -0.15) is 0 Å². The standard InChI is InChI=1S/C13H24N4O2.ClH/c14-11-4-2-5-16(8-11)9-12(18)17-6-1-3-10(7-17)13(15)19;/h10-11H,1-9,14H2,(H2,15,19);1H. The highest BCUT2D eigenvalue weighted by molar-refractivity contribution is 5.85. The van der Waals surface area contributed by atoms with Crippen LogP contribution in [0.1, 0.15) is 25.7 Å². The lowest BCUT2D eigenvalue weighted by Crippen LogP contribution is -2.50. The third-order valence-corrected chi connectivity index (χ3v) is 4.08. The molecule has 0 aromatic carbocycles. The van der Waals surface area contributed by atoms with E-state index in [9.17, 15) is 9.59 Å². The molecule has 6 nitrogen and oxygen atoms in total. The molecule has 2 rings (SSSR count). The Bertz CT molecular complexity index is 353. The summed E-state index contributed by atoms with van der Waals surface area (Å²) in [7, 11) is 0. The smallest absolute Gasteiger partial charge is 0.236 e. The third kappa shape index (κ3) is 4.61. The Morgan fingerprint density at radius 1 is 1.10 bits per heavy atom. The number of likely N-dealkylation sites (tertiary alicyclic amines) is 2. The molecule has 2 amide bonds. The Morgan fingerprint density at radius 2 is 1.80 bits per heavy atom. The van der Waals surface area contributed by atoms with E-state index in [0.717, 1.165) is 45.3 Å². The number of nitrogens with zero attached hydrogens (tertiary/aromatic N) is 2. The lowest BCUT2D eigenvalue weighted by molar-refractivity contribution is -0.136. The fourth-order valence-electron chi connectivity index (χ4n) is 2.96. The molecule has 7 heteroatoms. The maximum absolute atomic E-state index is 12.2. The number of carbonyl (C=O) groups excluding carboxylic acids is 2. The lowest BCUT2D eigenvalue weighted by Gasteiger charge is -2.35.